The molecule has 0 aromatic carbocycles. The molecule has 1 aromatic heterocycles. The number of thioether (sulfide) groups is 1. The predicted molar refractivity (Wildman–Crippen MR) is 76.3 cm³/mol. The monoisotopic (exact) mass is 281 g/mol. The number of nitrogens with zero attached hydrogens (tertiary/aromatic N) is 3. The van der Waals surface area contributed by atoms with Crippen LogP contribution < -0.4 is 4.90 Å². The first-order valence-electron chi connectivity index (χ1n) is 6.34. The largest absolute Gasteiger partial charge is 0.309 e. The minimum Gasteiger partial charge on any atom is -0.309 e. The van der Waals surface area contributed by atoms with Crippen LogP contribution in [0, 0.1) is 19.8 Å². The van der Waals surface area contributed by atoms with Gasteiger partial charge >= 0.3 is 0 Å². The van der Waals surface area contributed by atoms with Crippen LogP contribution in [0.25, 0.3) is 0 Å². The van der Waals surface area contributed by atoms with Crippen LogP contribution in [0.5, 0.6) is 0 Å². The molecule has 1 aliphatic rings. The van der Waals surface area contributed by atoms with E-state index < -0.39 is 0 Å². The Labute approximate surface area is 117 Å². The average Bonchev–Trinajstić information content (AvgIpc) is 2.78. The maximum absolute atomic E-state index is 12.1. The summed E-state index contributed by atoms with van der Waals surface area (Å²) < 4.78 is 1.80. The lowest BCUT2D eigenvalue weighted by Crippen LogP contribution is -2.26. The van der Waals surface area contributed by atoms with Crippen LogP contribution in [0.4, 0.5) is 5.69 Å². The SMILES string of the molecule is CC(=O)SCC1CC(=O)N(c2c(C)nn(C)c2C)C1. The van der Waals surface area contributed by atoms with E-state index in [1.165, 1.54) is 11.8 Å². The zero-order valence-corrected chi connectivity index (χ0v) is 12.6. The Bertz CT molecular complexity index is 524. The molecule has 2 heterocycles. The molecule has 1 aromatic rings. The van der Waals surface area contributed by atoms with Crippen molar-refractivity contribution < 1.29 is 9.59 Å². The number of rotatable bonds is 3. The topological polar surface area (TPSA) is 55.2 Å². The number of hydrogen-bond donors (Lipinski definition) is 0. The van der Waals surface area contributed by atoms with Gasteiger partial charge in [0.25, 0.3) is 0 Å². The Morgan fingerprint density at radius 3 is 2.68 bits per heavy atom. The van der Waals surface area contributed by atoms with Crippen LogP contribution >= 0.6 is 11.8 Å². The minimum atomic E-state index is 0.111. The molecule has 1 aliphatic heterocycles. The molecular weight excluding hydrogens is 262 g/mol. The van der Waals surface area contributed by atoms with Crippen molar-refractivity contribution in [2.75, 3.05) is 17.2 Å². The zero-order valence-electron chi connectivity index (χ0n) is 11.8. The fourth-order valence-electron chi connectivity index (χ4n) is 2.50. The summed E-state index contributed by atoms with van der Waals surface area (Å²) >= 11 is 1.30. The van der Waals surface area contributed by atoms with Gasteiger partial charge in [-0.1, -0.05) is 11.8 Å². The molecule has 5 nitrogen and oxygen atoms in total. The molecule has 0 saturated carbocycles. The van der Waals surface area contributed by atoms with Crippen LogP contribution in [-0.4, -0.2) is 33.1 Å². The molecule has 1 saturated heterocycles. The number of carbonyl (C=O) groups is 2. The van der Waals surface area contributed by atoms with Gasteiger partial charge in [-0.05, 0) is 19.8 Å². The molecule has 0 N–H and O–H groups in total. The smallest absolute Gasteiger partial charge is 0.227 e. The molecule has 0 bridgehead atoms. The number of aromatic nitrogens is 2. The number of anilines is 1. The van der Waals surface area contributed by atoms with Gasteiger partial charge in [-0.3, -0.25) is 14.3 Å². The molecule has 1 fully saturated rings. The fraction of sp³-hybridized carbons (Fsp3) is 0.615. The van der Waals surface area contributed by atoms with Gasteiger partial charge in [0.1, 0.15) is 0 Å². The van der Waals surface area contributed by atoms with Crippen LogP contribution in [-0.2, 0) is 16.6 Å². The normalized spacial score (nSPS) is 19.3. The van der Waals surface area contributed by atoms with Crippen molar-refractivity contribution in [1.82, 2.24) is 9.78 Å². The second-order valence-electron chi connectivity index (χ2n) is 5.02. The van der Waals surface area contributed by atoms with E-state index in [1.54, 1.807) is 11.6 Å². The molecule has 6 heteroatoms. The summed E-state index contributed by atoms with van der Waals surface area (Å²) in [4.78, 5) is 25.0. The number of carbonyl (C=O) groups excluding carboxylic acids is 2. The van der Waals surface area contributed by atoms with Gasteiger partial charge in [0.2, 0.25) is 5.91 Å². The number of aryl methyl sites for hydroxylation is 2. The molecule has 2 rings (SSSR count). The van der Waals surface area contributed by atoms with Crippen molar-refractivity contribution in [1.29, 1.82) is 0 Å². The lowest BCUT2D eigenvalue weighted by Gasteiger charge is -2.17. The third-order valence-corrected chi connectivity index (χ3v) is 4.51. The molecule has 0 radical (unpaired) electrons. The minimum absolute atomic E-state index is 0.111. The Morgan fingerprint density at radius 2 is 2.16 bits per heavy atom. The highest BCUT2D eigenvalue weighted by Crippen LogP contribution is 2.31. The standard InChI is InChI=1S/C13H19N3O2S/c1-8-13(9(2)15(4)14-8)16-6-11(5-12(16)18)7-19-10(3)17/h11H,5-7H2,1-4H3. The van der Waals surface area contributed by atoms with Gasteiger partial charge < -0.3 is 4.90 Å². The van der Waals surface area contributed by atoms with Crippen molar-refractivity contribution >= 4 is 28.5 Å². The lowest BCUT2D eigenvalue weighted by atomic mass is 10.1. The van der Waals surface area contributed by atoms with Crippen LogP contribution in [0.3, 0.4) is 0 Å². The fourth-order valence-corrected chi connectivity index (χ4v) is 3.19. The van der Waals surface area contributed by atoms with Gasteiger partial charge in [0.15, 0.2) is 5.12 Å². The number of hydrogen-bond acceptors (Lipinski definition) is 4. The summed E-state index contributed by atoms with van der Waals surface area (Å²) in [7, 11) is 1.88. The summed E-state index contributed by atoms with van der Waals surface area (Å²) in [6.45, 7) is 6.15. The van der Waals surface area contributed by atoms with Crippen molar-refractivity contribution in [3.05, 3.63) is 11.4 Å². The molecule has 0 spiro atoms. The Hall–Kier alpha value is -1.30. The van der Waals surface area contributed by atoms with Gasteiger partial charge in [-0.2, -0.15) is 5.10 Å². The Balaban J connectivity index is 2.14. The molecule has 104 valence electrons. The summed E-state index contributed by atoms with van der Waals surface area (Å²) in [6.07, 6.45) is 0.522. The Kier molecular flexibility index (Phi) is 3.99. The van der Waals surface area contributed by atoms with E-state index in [1.807, 2.05) is 25.8 Å². The summed E-state index contributed by atoms with van der Waals surface area (Å²) in [5.41, 5.74) is 2.82. The first-order chi connectivity index (χ1) is 8.90. The van der Waals surface area contributed by atoms with E-state index in [0.717, 1.165) is 22.8 Å². The maximum Gasteiger partial charge on any atom is 0.227 e. The van der Waals surface area contributed by atoms with Crippen LogP contribution in [0.1, 0.15) is 24.7 Å². The molecule has 19 heavy (non-hydrogen) atoms. The molecule has 0 aliphatic carbocycles. The van der Waals surface area contributed by atoms with Gasteiger partial charge in [-0.15, -0.1) is 0 Å². The van der Waals surface area contributed by atoms with Gasteiger partial charge in [0.05, 0.1) is 17.1 Å². The second-order valence-corrected chi connectivity index (χ2v) is 6.22. The molecule has 1 unspecified atom stereocenters. The maximum atomic E-state index is 12.1. The number of amides is 1. The van der Waals surface area contributed by atoms with Crippen LogP contribution in [0.2, 0.25) is 0 Å². The quantitative estimate of drug-likeness (QED) is 0.845. The highest BCUT2D eigenvalue weighted by atomic mass is 32.2. The van der Waals surface area contributed by atoms with Crippen LogP contribution in [0.15, 0.2) is 0 Å². The third-order valence-electron chi connectivity index (χ3n) is 3.47. The van der Waals surface area contributed by atoms with E-state index in [4.69, 9.17) is 0 Å². The van der Waals surface area contributed by atoms with E-state index in [2.05, 4.69) is 5.10 Å². The molecule has 1 atom stereocenters. The first-order valence-corrected chi connectivity index (χ1v) is 7.32. The predicted octanol–water partition coefficient (Wildman–Crippen LogP) is 1.67. The van der Waals surface area contributed by atoms with Gasteiger partial charge in [0, 0.05) is 32.7 Å². The summed E-state index contributed by atoms with van der Waals surface area (Å²) in [5.74, 6) is 1.10. The van der Waals surface area contributed by atoms with Crippen molar-refractivity contribution in [3.8, 4) is 0 Å². The zero-order chi connectivity index (χ0) is 14.2. The lowest BCUT2D eigenvalue weighted by molar-refractivity contribution is -0.117. The van der Waals surface area contributed by atoms with Gasteiger partial charge in [-0.25, -0.2) is 0 Å². The summed E-state index contributed by atoms with van der Waals surface area (Å²) in [6, 6.07) is 0. The molecular formula is C13H19N3O2S. The van der Waals surface area contributed by atoms with E-state index in [0.29, 0.717) is 13.0 Å². The van der Waals surface area contributed by atoms with E-state index >= 15 is 0 Å². The van der Waals surface area contributed by atoms with Crippen molar-refractivity contribution in [2.45, 2.75) is 27.2 Å². The molecule has 1 amide bonds. The Morgan fingerprint density at radius 1 is 1.47 bits per heavy atom. The summed E-state index contributed by atoms with van der Waals surface area (Å²) in [5, 5.41) is 4.46. The van der Waals surface area contributed by atoms with E-state index in [-0.39, 0.29) is 16.9 Å². The first kappa shape index (κ1) is 14.1. The highest BCUT2D eigenvalue weighted by Gasteiger charge is 2.33. The van der Waals surface area contributed by atoms with Crippen molar-refractivity contribution in [2.24, 2.45) is 13.0 Å². The average molecular weight is 281 g/mol. The second kappa shape index (κ2) is 5.36. The third kappa shape index (κ3) is 2.83. The highest BCUT2D eigenvalue weighted by molar-refractivity contribution is 8.13. The van der Waals surface area contributed by atoms with Crippen molar-refractivity contribution in [3.63, 3.8) is 0 Å². The van der Waals surface area contributed by atoms with E-state index in [9.17, 15) is 9.59 Å².